The van der Waals surface area contributed by atoms with Crippen molar-refractivity contribution in [2.24, 2.45) is 0 Å². The second-order valence-electron chi connectivity index (χ2n) is 0.283. The SMILES string of the molecule is O.O.O=C(O)O.[AlH3].[Mn]. The van der Waals surface area contributed by atoms with Crippen LogP contribution in [0.15, 0.2) is 0 Å². The minimum atomic E-state index is -1.83. The predicted octanol–water partition coefficient (Wildman–Crippen LogP) is -2.61. The first kappa shape index (κ1) is 41.1. The average Bonchev–Trinajstić information content (AvgIpc) is 0.811. The van der Waals surface area contributed by atoms with E-state index in [0.717, 1.165) is 0 Å². The van der Waals surface area contributed by atoms with Gasteiger partial charge in [0.1, 0.15) is 0 Å². The van der Waals surface area contributed by atoms with E-state index in [1.165, 1.54) is 0 Å². The molecule has 0 rings (SSSR count). The number of carbonyl (C=O) groups is 1. The number of rotatable bonds is 0. The summed E-state index contributed by atoms with van der Waals surface area (Å²) in [5, 5.41) is 13.9. The Hall–Kier alpha value is 0.242. The summed E-state index contributed by atoms with van der Waals surface area (Å²) in [4.78, 5) is 8.56. The van der Waals surface area contributed by atoms with Crippen LogP contribution in [0.1, 0.15) is 0 Å². The average molecular weight is 183 g/mol. The second kappa shape index (κ2) is 26.8. The first-order valence-electron chi connectivity index (χ1n) is 0.651. The Bertz CT molecular complexity index is 35.4. The molecule has 0 aromatic heterocycles. The van der Waals surface area contributed by atoms with Gasteiger partial charge in [-0.2, -0.15) is 0 Å². The van der Waals surface area contributed by atoms with Gasteiger partial charge in [-0.25, -0.2) is 4.79 Å². The van der Waals surface area contributed by atoms with Gasteiger partial charge in [-0.05, 0) is 0 Å². The molecule has 5 nitrogen and oxygen atoms in total. The van der Waals surface area contributed by atoms with Crippen molar-refractivity contribution in [3.05, 3.63) is 0 Å². The third-order valence-electron chi connectivity index (χ3n) is 0. The van der Waals surface area contributed by atoms with Crippen molar-refractivity contribution in [2.45, 2.75) is 0 Å². The molecule has 0 aromatic carbocycles. The molecular weight excluding hydrogens is 174 g/mol. The van der Waals surface area contributed by atoms with Crippen molar-refractivity contribution >= 4 is 23.5 Å². The molecule has 0 saturated carbocycles. The van der Waals surface area contributed by atoms with Crippen LogP contribution in [-0.2, 0) is 17.1 Å². The van der Waals surface area contributed by atoms with Crippen LogP contribution < -0.4 is 0 Å². The maximum absolute atomic E-state index is 8.56. The molecule has 53 valence electrons. The summed E-state index contributed by atoms with van der Waals surface area (Å²) in [6.07, 6.45) is -1.83. The Kier molecular flexibility index (Phi) is 138. The molecule has 0 atom stereocenters. The maximum Gasteiger partial charge on any atom is 0.503 e. The summed E-state index contributed by atoms with van der Waals surface area (Å²) in [6, 6.07) is 0. The van der Waals surface area contributed by atoms with Gasteiger partial charge < -0.3 is 21.2 Å². The zero-order valence-electron chi connectivity index (χ0n) is 3.18. The van der Waals surface area contributed by atoms with Crippen molar-refractivity contribution in [1.82, 2.24) is 0 Å². The fourth-order valence-corrected chi connectivity index (χ4v) is 0. The molecule has 0 aliphatic carbocycles. The van der Waals surface area contributed by atoms with Crippen LogP contribution >= 0.6 is 0 Å². The van der Waals surface area contributed by atoms with E-state index in [1.807, 2.05) is 0 Å². The van der Waals surface area contributed by atoms with Gasteiger partial charge in [-0.3, -0.25) is 0 Å². The summed E-state index contributed by atoms with van der Waals surface area (Å²) < 4.78 is 0. The monoisotopic (exact) mass is 183 g/mol. The summed E-state index contributed by atoms with van der Waals surface area (Å²) in [5.74, 6) is 0. The summed E-state index contributed by atoms with van der Waals surface area (Å²) in [6.45, 7) is 0. The fraction of sp³-hybridized carbons (Fsp3) is 0. The number of hydrogen-bond donors (Lipinski definition) is 2. The molecule has 0 saturated heterocycles. The van der Waals surface area contributed by atoms with Crippen LogP contribution in [0.4, 0.5) is 4.79 Å². The molecule has 8 heavy (non-hydrogen) atoms. The van der Waals surface area contributed by atoms with Gasteiger partial charge in [0.25, 0.3) is 0 Å². The Morgan fingerprint density at radius 2 is 1.12 bits per heavy atom. The van der Waals surface area contributed by atoms with Gasteiger partial charge in [0, 0.05) is 17.1 Å². The Morgan fingerprint density at radius 3 is 1.12 bits per heavy atom. The van der Waals surface area contributed by atoms with E-state index >= 15 is 0 Å². The molecule has 0 spiro atoms. The third kappa shape index (κ3) is 2930. The molecular formula is CH9AlMnO5. The normalized spacial score (nSPS) is 3.00. The van der Waals surface area contributed by atoms with E-state index in [1.54, 1.807) is 0 Å². The van der Waals surface area contributed by atoms with Crippen LogP contribution in [0.3, 0.4) is 0 Å². The molecule has 0 aliphatic rings. The van der Waals surface area contributed by atoms with Crippen molar-refractivity contribution in [2.75, 3.05) is 0 Å². The van der Waals surface area contributed by atoms with Crippen LogP contribution in [0.25, 0.3) is 0 Å². The van der Waals surface area contributed by atoms with E-state index in [9.17, 15) is 0 Å². The van der Waals surface area contributed by atoms with E-state index in [-0.39, 0.29) is 45.4 Å². The zero-order chi connectivity index (χ0) is 3.58. The molecule has 1 radical (unpaired) electrons. The van der Waals surface area contributed by atoms with Crippen molar-refractivity contribution in [3.8, 4) is 0 Å². The van der Waals surface area contributed by atoms with E-state index in [0.29, 0.717) is 0 Å². The Balaban J connectivity index is -0.00000000750. The van der Waals surface area contributed by atoms with E-state index in [4.69, 9.17) is 15.0 Å². The molecule has 0 unspecified atom stereocenters. The Labute approximate surface area is 66.9 Å². The molecule has 0 aromatic rings. The van der Waals surface area contributed by atoms with Gasteiger partial charge in [-0.15, -0.1) is 0 Å². The van der Waals surface area contributed by atoms with E-state index in [2.05, 4.69) is 0 Å². The van der Waals surface area contributed by atoms with E-state index < -0.39 is 6.16 Å². The minimum Gasteiger partial charge on any atom is -0.450 e. The van der Waals surface area contributed by atoms with Crippen LogP contribution in [0.2, 0.25) is 0 Å². The van der Waals surface area contributed by atoms with Gasteiger partial charge in [0.05, 0.1) is 0 Å². The standard InChI is InChI=1S/CH2O3.Al.Mn.2H2O.3H/c2-1(3)4;;;;;;;/h(H2,2,3,4);;;2*1H2;;;. The fourth-order valence-electron chi connectivity index (χ4n) is 0. The maximum atomic E-state index is 8.56. The summed E-state index contributed by atoms with van der Waals surface area (Å²) in [7, 11) is 0. The largest absolute Gasteiger partial charge is 0.503 e. The van der Waals surface area contributed by atoms with Gasteiger partial charge in [0.2, 0.25) is 0 Å². The topological polar surface area (TPSA) is 121 Å². The molecule has 0 aliphatic heterocycles. The van der Waals surface area contributed by atoms with Crippen molar-refractivity contribution < 1.29 is 43.0 Å². The molecule has 0 amide bonds. The molecule has 0 bridgehead atoms. The molecule has 0 fully saturated rings. The van der Waals surface area contributed by atoms with Crippen LogP contribution in [0, 0.1) is 0 Å². The molecule has 0 heterocycles. The molecule has 7 heteroatoms. The smallest absolute Gasteiger partial charge is 0.450 e. The van der Waals surface area contributed by atoms with Crippen LogP contribution in [0.5, 0.6) is 0 Å². The predicted molar refractivity (Wildman–Crippen MR) is 27.8 cm³/mol. The number of hydrogen-bond acceptors (Lipinski definition) is 1. The summed E-state index contributed by atoms with van der Waals surface area (Å²) >= 11 is 0. The van der Waals surface area contributed by atoms with Crippen molar-refractivity contribution in [1.29, 1.82) is 0 Å². The van der Waals surface area contributed by atoms with Gasteiger partial charge >= 0.3 is 6.16 Å². The Morgan fingerprint density at radius 1 is 1.12 bits per heavy atom. The minimum absolute atomic E-state index is 0. The summed E-state index contributed by atoms with van der Waals surface area (Å²) in [5.41, 5.74) is 0. The van der Waals surface area contributed by atoms with Gasteiger partial charge in [-0.1, -0.05) is 0 Å². The van der Waals surface area contributed by atoms with Crippen molar-refractivity contribution in [3.63, 3.8) is 0 Å². The van der Waals surface area contributed by atoms with Crippen LogP contribution in [-0.4, -0.2) is 44.7 Å². The van der Waals surface area contributed by atoms with Gasteiger partial charge in [0.15, 0.2) is 17.4 Å². The quantitative estimate of drug-likeness (QED) is 0.400. The second-order valence-corrected chi connectivity index (χ2v) is 0.283. The first-order chi connectivity index (χ1) is 1.73. The first-order valence-corrected chi connectivity index (χ1v) is 0.651. The third-order valence-corrected chi connectivity index (χ3v) is 0. The molecule has 6 N–H and O–H groups in total. The number of carboxylic acid groups (broad SMARTS) is 2. The zero-order valence-corrected chi connectivity index (χ0v) is 4.36.